The number of benzene rings is 1. The lowest BCUT2D eigenvalue weighted by Crippen LogP contribution is -2.44. The van der Waals surface area contributed by atoms with E-state index in [1.807, 2.05) is 13.8 Å². The van der Waals surface area contributed by atoms with E-state index < -0.39 is 11.0 Å². The van der Waals surface area contributed by atoms with E-state index in [9.17, 15) is 4.39 Å². The van der Waals surface area contributed by atoms with Crippen LogP contribution in [0.15, 0.2) is 28.8 Å². The predicted molar refractivity (Wildman–Crippen MR) is 79.8 cm³/mol. The van der Waals surface area contributed by atoms with E-state index in [2.05, 4.69) is 10.1 Å². The summed E-state index contributed by atoms with van der Waals surface area (Å²) in [6.07, 6.45) is 2.81. The average molecular weight is 312 g/mol. The van der Waals surface area contributed by atoms with Crippen molar-refractivity contribution >= 4 is 12.4 Å². The fourth-order valence-corrected chi connectivity index (χ4v) is 2.54. The molecule has 0 atom stereocenters. The normalized spacial score (nSPS) is 17.0. The molecule has 1 fully saturated rings. The fourth-order valence-electron chi connectivity index (χ4n) is 2.54. The van der Waals surface area contributed by atoms with Crippen LogP contribution in [0.5, 0.6) is 0 Å². The Labute approximate surface area is 129 Å². The molecule has 0 amide bonds. The molecule has 114 valence electrons. The molecule has 1 aromatic heterocycles. The second-order valence-corrected chi connectivity index (χ2v) is 6.04. The molecular formula is C15H19ClFN3O. The first-order chi connectivity index (χ1) is 9.43. The molecule has 1 aliphatic rings. The summed E-state index contributed by atoms with van der Waals surface area (Å²) in [5.41, 5.74) is 5.58. The largest absolute Gasteiger partial charge is 0.338 e. The first-order valence-corrected chi connectivity index (χ1v) is 6.82. The fraction of sp³-hybridized carbons (Fsp3) is 0.467. The minimum absolute atomic E-state index is 0. The third kappa shape index (κ3) is 2.56. The smallest absolute Gasteiger partial charge is 0.236 e. The van der Waals surface area contributed by atoms with Gasteiger partial charge in [0.15, 0.2) is 5.82 Å². The van der Waals surface area contributed by atoms with Crippen LogP contribution in [0.3, 0.4) is 0 Å². The van der Waals surface area contributed by atoms with Gasteiger partial charge in [-0.05, 0) is 39.2 Å². The minimum atomic E-state index is -0.684. The van der Waals surface area contributed by atoms with Crippen LogP contribution < -0.4 is 5.73 Å². The Morgan fingerprint density at radius 3 is 2.52 bits per heavy atom. The lowest BCUT2D eigenvalue weighted by Gasteiger charge is -2.34. The van der Waals surface area contributed by atoms with Crippen molar-refractivity contribution in [3.8, 4) is 0 Å². The van der Waals surface area contributed by atoms with E-state index in [0.29, 0.717) is 17.3 Å². The molecule has 1 aliphatic carbocycles. The number of hydrogen-bond donors (Lipinski definition) is 1. The molecule has 0 radical (unpaired) electrons. The molecule has 0 aliphatic heterocycles. The maximum Gasteiger partial charge on any atom is 0.236 e. The number of nitrogens with two attached hydrogens (primary N) is 1. The van der Waals surface area contributed by atoms with Gasteiger partial charge in [-0.3, -0.25) is 0 Å². The highest BCUT2D eigenvalue weighted by molar-refractivity contribution is 5.85. The second-order valence-electron chi connectivity index (χ2n) is 6.04. The summed E-state index contributed by atoms with van der Waals surface area (Å²) >= 11 is 0. The average Bonchev–Trinajstić information content (AvgIpc) is 2.87. The van der Waals surface area contributed by atoms with Gasteiger partial charge < -0.3 is 10.3 Å². The van der Waals surface area contributed by atoms with Crippen molar-refractivity contribution in [2.45, 2.75) is 44.1 Å². The van der Waals surface area contributed by atoms with E-state index in [0.717, 1.165) is 19.3 Å². The molecule has 21 heavy (non-hydrogen) atoms. The number of nitrogens with zero attached hydrogens (tertiary/aromatic N) is 2. The predicted octanol–water partition coefficient (Wildman–Crippen LogP) is 3.29. The summed E-state index contributed by atoms with van der Waals surface area (Å²) in [5, 5.41) is 4.00. The van der Waals surface area contributed by atoms with Crippen LogP contribution in [-0.2, 0) is 11.0 Å². The van der Waals surface area contributed by atoms with E-state index in [4.69, 9.17) is 10.3 Å². The maximum atomic E-state index is 14.0. The highest BCUT2D eigenvalue weighted by Gasteiger charge is 2.41. The zero-order valence-corrected chi connectivity index (χ0v) is 12.9. The SMILES string of the molecule is CC(C)(c1nc(C2(N)CCC2)no1)c1ccccc1F.Cl. The third-order valence-corrected chi connectivity index (χ3v) is 4.20. The van der Waals surface area contributed by atoms with Crippen molar-refractivity contribution in [2.75, 3.05) is 0 Å². The van der Waals surface area contributed by atoms with Gasteiger partial charge >= 0.3 is 0 Å². The summed E-state index contributed by atoms with van der Waals surface area (Å²) in [4.78, 5) is 4.42. The Balaban J connectivity index is 0.00000161. The monoisotopic (exact) mass is 311 g/mol. The zero-order chi connectivity index (χ0) is 14.4. The number of hydrogen-bond acceptors (Lipinski definition) is 4. The van der Waals surface area contributed by atoms with Gasteiger partial charge in [0.1, 0.15) is 5.82 Å². The highest BCUT2D eigenvalue weighted by atomic mass is 35.5. The number of aromatic nitrogens is 2. The minimum Gasteiger partial charge on any atom is -0.338 e. The maximum absolute atomic E-state index is 14.0. The van der Waals surface area contributed by atoms with Crippen LogP contribution in [0.4, 0.5) is 4.39 Å². The quantitative estimate of drug-likeness (QED) is 0.944. The van der Waals surface area contributed by atoms with Gasteiger partial charge in [0, 0.05) is 5.56 Å². The first kappa shape index (κ1) is 15.9. The summed E-state index contributed by atoms with van der Waals surface area (Å²) < 4.78 is 19.3. The lowest BCUT2D eigenvalue weighted by molar-refractivity contribution is 0.228. The lowest BCUT2D eigenvalue weighted by atomic mass is 9.77. The molecule has 1 saturated carbocycles. The van der Waals surface area contributed by atoms with Crippen molar-refractivity contribution in [1.82, 2.24) is 10.1 Å². The molecule has 1 heterocycles. The first-order valence-electron chi connectivity index (χ1n) is 6.82. The number of rotatable bonds is 3. The van der Waals surface area contributed by atoms with Gasteiger partial charge in [0.25, 0.3) is 0 Å². The van der Waals surface area contributed by atoms with Crippen LogP contribution in [0, 0.1) is 5.82 Å². The van der Waals surface area contributed by atoms with Crippen molar-refractivity contribution in [3.63, 3.8) is 0 Å². The van der Waals surface area contributed by atoms with Gasteiger partial charge in [-0.15, -0.1) is 12.4 Å². The summed E-state index contributed by atoms with van der Waals surface area (Å²) in [6, 6.07) is 6.64. The molecule has 2 N–H and O–H groups in total. The summed E-state index contributed by atoms with van der Waals surface area (Å²) in [6.45, 7) is 3.74. The van der Waals surface area contributed by atoms with Gasteiger partial charge in [0.05, 0.1) is 11.0 Å². The van der Waals surface area contributed by atoms with Crippen LogP contribution >= 0.6 is 12.4 Å². The zero-order valence-electron chi connectivity index (χ0n) is 12.1. The Kier molecular flexibility index (Phi) is 4.08. The second kappa shape index (κ2) is 5.39. The standard InChI is InChI=1S/C15H18FN3O.ClH/c1-14(2,10-6-3-4-7-11(10)16)13-18-12(19-20-13)15(17)8-5-9-15;/h3-4,6-7H,5,8-9,17H2,1-2H3;1H. The van der Waals surface area contributed by atoms with Crippen molar-refractivity contribution < 1.29 is 8.91 Å². The molecule has 0 spiro atoms. The van der Waals surface area contributed by atoms with Gasteiger partial charge in [-0.2, -0.15) is 4.98 Å². The number of halogens is 2. The van der Waals surface area contributed by atoms with Crippen LogP contribution in [0.2, 0.25) is 0 Å². The molecule has 6 heteroatoms. The Hall–Kier alpha value is -1.46. The third-order valence-electron chi connectivity index (χ3n) is 4.20. The van der Waals surface area contributed by atoms with Gasteiger partial charge in [0.2, 0.25) is 5.89 Å². The van der Waals surface area contributed by atoms with Crippen LogP contribution in [-0.4, -0.2) is 10.1 Å². The van der Waals surface area contributed by atoms with Crippen molar-refractivity contribution in [3.05, 3.63) is 47.4 Å². The topological polar surface area (TPSA) is 64.9 Å². The molecule has 0 bridgehead atoms. The van der Waals surface area contributed by atoms with Gasteiger partial charge in [-0.1, -0.05) is 23.4 Å². The molecule has 4 nitrogen and oxygen atoms in total. The van der Waals surface area contributed by atoms with Crippen molar-refractivity contribution in [1.29, 1.82) is 0 Å². The van der Waals surface area contributed by atoms with Crippen molar-refractivity contribution in [2.24, 2.45) is 5.73 Å². The molecule has 0 unspecified atom stereocenters. The Morgan fingerprint density at radius 1 is 1.29 bits per heavy atom. The van der Waals surface area contributed by atoms with E-state index in [1.165, 1.54) is 6.07 Å². The molecule has 1 aromatic carbocycles. The molecule has 3 rings (SSSR count). The van der Waals surface area contributed by atoms with Gasteiger partial charge in [-0.25, -0.2) is 4.39 Å². The van der Waals surface area contributed by atoms with E-state index in [-0.39, 0.29) is 18.2 Å². The molecular weight excluding hydrogens is 293 g/mol. The molecule has 2 aromatic rings. The summed E-state index contributed by atoms with van der Waals surface area (Å²) in [7, 11) is 0. The highest BCUT2D eigenvalue weighted by Crippen LogP contribution is 2.39. The van der Waals surface area contributed by atoms with Crippen LogP contribution in [0.1, 0.15) is 50.4 Å². The van der Waals surface area contributed by atoms with Crippen LogP contribution in [0.25, 0.3) is 0 Å². The Morgan fingerprint density at radius 2 is 1.95 bits per heavy atom. The summed E-state index contributed by atoms with van der Waals surface area (Å²) in [5.74, 6) is 0.654. The van der Waals surface area contributed by atoms with E-state index >= 15 is 0 Å². The Bertz CT molecular complexity index is 637. The van der Waals surface area contributed by atoms with E-state index in [1.54, 1.807) is 18.2 Å². The molecule has 0 saturated heterocycles.